The van der Waals surface area contributed by atoms with Crippen LogP contribution in [0.3, 0.4) is 0 Å². The minimum atomic E-state index is -4.22. The van der Waals surface area contributed by atoms with Crippen LogP contribution in [0.2, 0.25) is 0 Å². The van der Waals surface area contributed by atoms with Crippen LogP contribution in [-0.2, 0) is 13.6 Å². The van der Waals surface area contributed by atoms with E-state index < -0.39 is 20.1 Å². The Morgan fingerprint density at radius 2 is 2.36 bits per heavy atom. The summed E-state index contributed by atoms with van der Waals surface area (Å²) >= 11 is 4.97. The number of phosphoric ester groups is 1. The van der Waals surface area contributed by atoms with Gasteiger partial charge in [0.2, 0.25) is 6.36 Å². The topological polar surface area (TPSA) is 55.8 Å². The van der Waals surface area contributed by atoms with Gasteiger partial charge in [-0.1, -0.05) is 0 Å². The third kappa shape index (κ3) is 5.58. The van der Waals surface area contributed by atoms with Crippen LogP contribution >= 0.6 is 19.4 Å². The molecule has 0 fully saturated rings. The first kappa shape index (κ1) is 11.3. The lowest BCUT2D eigenvalue weighted by Crippen LogP contribution is -2.07. The molecule has 0 aromatic heterocycles. The fourth-order valence-corrected chi connectivity index (χ4v) is 1.27. The zero-order valence-corrected chi connectivity index (χ0v) is 7.52. The van der Waals surface area contributed by atoms with Crippen molar-refractivity contribution in [1.82, 2.24) is 0 Å². The molecule has 0 rings (SSSR count). The molecule has 7 heteroatoms. The average Bonchev–Trinajstić information content (AvgIpc) is 1.86. The Balaban J connectivity index is 3.81. The fourth-order valence-electron chi connectivity index (χ4n) is 0.366. The molecule has 0 aromatic carbocycles. The summed E-state index contributed by atoms with van der Waals surface area (Å²) in [6.07, 6.45) is -1.97. The Labute approximate surface area is 68.9 Å². The summed E-state index contributed by atoms with van der Waals surface area (Å²) in [4.78, 5) is 8.63. The van der Waals surface area contributed by atoms with Gasteiger partial charge in [-0.05, 0) is 6.92 Å². The van der Waals surface area contributed by atoms with Gasteiger partial charge in [-0.3, -0.25) is 9.05 Å². The summed E-state index contributed by atoms with van der Waals surface area (Å²) < 4.78 is 30.9. The molecular weight excluding hydrogens is 197 g/mol. The number of halogens is 2. The molecule has 0 radical (unpaired) electrons. The molecule has 4 nitrogen and oxygen atoms in total. The molecule has 0 amide bonds. The smallest absolute Gasteiger partial charge is 0.302 e. The van der Waals surface area contributed by atoms with Gasteiger partial charge in [-0.15, -0.1) is 11.6 Å². The summed E-state index contributed by atoms with van der Waals surface area (Å²) in [7, 11) is -4.22. The molecular formula is C4H9ClFO4P. The molecule has 68 valence electrons. The van der Waals surface area contributed by atoms with Crippen LogP contribution in [-0.4, -0.2) is 23.7 Å². The average molecular weight is 207 g/mol. The van der Waals surface area contributed by atoms with Gasteiger partial charge in [-0.2, -0.15) is 0 Å². The number of alkyl halides is 2. The molecule has 1 N–H and O–H groups in total. The first-order valence-electron chi connectivity index (χ1n) is 2.87. The van der Waals surface area contributed by atoms with Crippen molar-refractivity contribution in [3.8, 4) is 0 Å². The Kier molecular flexibility index (Phi) is 5.21. The molecule has 11 heavy (non-hydrogen) atoms. The molecule has 0 aromatic rings. The van der Waals surface area contributed by atoms with E-state index in [0.29, 0.717) is 0 Å². The van der Waals surface area contributed by atoms with E-state index >= 15 is 0 Å². The second-order valence-electron chi connectivity index (χ2n) is 1.56. The maximum absolute atomic E-state index is 12.2. The van der Waals surface area contributed by atoms with Crippen LogP contribution in [0.4, 0.5) is 4.39 Å². The van der Waals surface area contributed by atoms with Crippen molar-refractivity contribution >= 4 is 19.4 Å². The maximum atomic E-state index is 12.2. The predicted octanol–water partition coefficient (Wildman–Crippen LogP) is 1.67. The van der Waals surface area contributed by atoms with E-state index in [9.17, 15) is 8.96 Å². The Morgan fingerprint density at radius 1 is 1.82 bits per heavy atom. The second kappa shape index (κ2) is 5.06. The van der Waals surface area contributed by atoms with Crippen molar-refractivity contribution in [2.24, 2.45) is 0 Å². The highest BCUT2D eigenvalue weighted by Crippen LogP contribution is 2.44. The highest BCUT2D eigenvalue weighted by molar-refractivity contribution is 7.47. The summed E-state index contributed by atoms with van der Waals surface area (Å²) in [5.41, 5.74) is 0. The summed E-state index contributed by atoms with van der Waals surface area (Å²) in [5, 5.41) is 0. The second-order valence-corrected chi connectivity index (χ2v) is 3.27. The molecule has 0 saturated carbocycles. The minimum Gasteiger partial charge on any atom is -0.302 e. The van der Waals surface area contributed by atoms with E-state index in [2.05, 4.69) is 9.05 Å². The van der Waals surface area contributed by atoms with E-state index in [0.717, 1.165) is 0 Å². The van der Waals surface area contributed by atoms with Gasteiger partial charge in [0.15, 0.2) is 0 Å². The molecule has 0 aliphatic heterocycles. The van der Waals surface area contributed by atoms with Gasteiger partial charge in [-0.25, -0.2) is 8.96 Å². The van der Waals surface area contributed by atoms with Crippen molar-refractivity contribution in [3.05, 3.63) is 0 Å². The van der Waals surface area contributed by atoms with Crippen LogP contribution in [0.15, 0.2) is 0 Å². The molecule has 2 atom stereocenters. The first-order chi connectivity index (χ1) is 5.02. The lowest BCUT2D eigenvalue weighted by Gasteiger charge is -2.11. The molecule has 2 unspecified atom stereocenters. The Hall–Kier alpha value is 0.330. The number of hydrogen-bond donors (Lipinski definition) is 1. The molecule has 0 spiro atoms. The van der Waals surface area contributed by atoms with Crippen LogP contribution in [0.25, 0.3) is 0 Å². The molecule has 0 saturated heterocycles. The first-order valence-corrected chi connectivity index (χ1v) is 4.90. The van der Waals surface area contributed by atoms with Gasteiger partial charge in [0, 0.05) is 0 Å². The number of hydrogen-bond acceptors (Lipinski definition) is 3. The highest BCUT2D eigenvalue weighted by atomic mass is 35.5. The third-order valence-electron chi connectivity index (χ3n) is 0.661. The van der Waals surface area contributed by atoms with Crippen molar-refractivity contribution in [1.29, 1.82) is 0 Å². The molecule has 0 aliphatic rings. The summed E-state index contributed by atoms with van der Waals surface area (Å²) in [6, 6.07) is 0. The zero-order valence-electron chi connectivity index (χ0n) is 5.87. The van der Waals surface area contributed by atoms with Gasteiger partial charge in [0.05, 0.1) is 12.5 Å². The van der Waals surface area contributed by atoms with Crippen molar-refractivity contribution in [3.63, 3.8) is 0 Å². The van der Waals surface area contributed by atoms with Gasteiger partial charge < -0.3 is 4.89 Å². The Morgan fingerprint density at radius 3 is 2.73 bits per heavy atom. The monoisotopic (exact) mass is 206 g/mol. The van der Waals surface area contributed by atoms with Crippen LogP contribution in [0, 0.1) is 0 Å². The lowest BCUT2D eigenvalue weighted by molar-refractivity contribution is 0.0411. The molecule has 0 bridgehead atoms. The van der Waals surface area contributed by atoms with Crippen molar-refractivity contribution in [2.45, 2.75) is 13.3 Å². The van der Waals surface area contributed by atoms with E-state index in [1.807, 2.05) is 0 Å². The quantitative estimate of drug-likeness (QED) is 0.549. The van der Waals surface area contributed by atoms with Crippen LogP contribution in [0.1, 0.15) is 6.92 Å². The van der Waals surface area contributed by atoms with Crippen molar-refractivity contribution < 1.29 is 22.9 Å². The largest absolute Gasteiger partial charge is 0.474 e. The van der Waals surface area contributed by atoms with E-state index in [1.165, 1.54) is 6.92 Å². The van der Waals surface area contributed by atoms with E-state index in [-0.39, 0.29) is 6.61 Å². The van der Waals surface area contributed by atoms with E-state index in [1.54, 1.807) is 0 Å². The SMILES string of the molecule is CCOP(=O)(O)OC(F)CCl. The summed E-state index contributed by atoms with van der Waals surface area (Å²) in [5.74, 6) is -0.502. The van der Waals surface area contributed by atoms with Crippen LogP contribution < -0.4 is 0 Å². The zero-order chi connectivity index (χ0) is 8.91. The van der Waals surface area contributed by atoms with E-state index in [4.69, 9.17) is 16.5 Å². The number of phosphoric acid groups is 1. The van der Waals surface area contributed by atoms with Gasteiger partial charge in [0.1, 0.15) is 0 Å². The van der Waals surface area contributed by atoms with Crippen LogP contribution in [0.5, 0.6) is 0 Å². The van der Waals surface area contributed by atoms with Gasteiger partial charge >= 0.3 is 7.82 Å². The van der Waals surface area contributed by atoms with Gasteiger partial charge in [0.25, 0.3) is 0 Å². The maximum Gasteiger partial charge on any atom is 0.474 e. The normalized spacial score (nSPS) is 19.3. The fraction of sp³-hybridized carbons (Fsp3) is 1.00. The predicted molar refractivity (Wildman–Crippen MR) is 38.2 cm³/mol. The summed E-state index contributed by atoms with van der Waals surface area (Å²) in [6.45, 7) is 1.46. The lowest BCUT2D eigenvalue weighted by atomic mass is 10.8. The number of rotatable bonds is 5. The molecule has 0 aliphatic carbocycles. The van der Waals surface area contributed by atoms with Crippen molar-refractivity contribution in [2.75, 3.05) is 12.5 Å². The Bertz CT molecular complexity index is 155. The minimum absolute atomic E-state index is 0.0250. The molecule has 0 heterocycles. The third-order valence-corrected chi connectivity index (χ3v) is 1.98. The highest BCUT2D eigenvalue weighted by Gasteiger charge is 2.24. The standard InChI is InChI=1S/C4H9ClFO4P/c1-2-9-11(7,8)10-4(6)3-5/h4H,2-3H2,1H3,(H,7,8).